The van der Waals surface area contributed by atoms with Gasteiger partial charge in [-0.25, -0.2) is 8.60 Å². The van der Waals surface area contributed by atoms with Crippen LogP contribution in [0.1, 0.15) is 24.2 Å². The van der Waals surface area contributed by atoms with Gasteiger partial charge in [0.2, 0.25) is 0 Å². The van der Waals surface area contributed by atoms with Crippen molar-refractivity contribution >= 4 is 49.5 Å². The number of carbonyl (C=O) groups is 1. The molecule has 0 radical (unpaired) electrons. The summed E-state index contributed by atoms with van der Waals surface area (Å²) in [5.74, 6) is -0.436. The topological polar surface area (TPSA) is 82.8 Å². The van der Waals surface area contributed by atoms with Crippen LogP contribution in [0.25, 0.3) is 22.3 Å². The second-order valence-electron chi connectivity index (χ2n) is 7.46. The fraction of sp³-hybridized carbons (Fsp3) is 0.286. The molecule has 0 spiro atoms. The molecule has 3 aromatic rings. The predicted molar refractivity (Wildman–Crippen MR) is 120 cm³/mol. The lowest BCUT2D eigenvalue weighted by Gasteiger charge is -2.29. The van der Waals surface area contributed by atoms with Crippen LogP contribution >= 0.6 is 15.9 Å². The van der Waals surface area contributed by atoms with Crippen molar-refractivity contribution in [2.24, 2.45) is 0 Å². The molecule has 2 N–H and O–H groups in total. The second-order valence-corrected chi connectivity index (χ2v) is 9.61. The summed E-state index contributed by atoms with van der Waals surface area (Å²) in [5, 5.41) is 13.4. The molecule has 1 unspecified atom stereocenters. The van der Waals surface area contributed by atoms with Crippen LogP contribution in [0.3, 0.4) is 0 Å². The molecule has 1 heterocycles. The van der Waals surface area contributed by atoms with Crippen molar-refractivity contribution in [2.75, 3.05) is 24.2 Å². The van der Waals surface area contributed by atoms with Gasteiger partial charge < -0.3 is 14.8 Å². The molecule has 6 nitrogen and oxygen atoms in total. The smallest absolute Gasteiger partial charge is 0.255 e. The van der Waals surface area contributed by atoms with Gasteiger partial charge in [-0.15, -0.1) is 0 Å². The Balaban J connectivity index is 2.24. The summed E-state index contributed by atoms with van der Waals surface area (Å²) in [4.78, 5) is 12.6. The van der Waals surface area contributed by atoms with Gasteiger partial charge in [-0.1, -0.05) is 0 Å². The number of hydrogen-bond donors (Lipinski definition) is 2. The molecule has 30 heavy (non-hydrogen) atoms. The molecule has 0 aliphatic rings. The maximum Gasteiger partial charge on any atom is 0.255 e. The largest absolute Gasteiger partial charge is 0.455 e. The number of aliphatic hydroxyl groups is 1. The molecule has 160 valence electrons. The molecule has 1 aromatic heterocycles. The quantitative estimate of drug-likeness (QED) is 0.534. The first-order chi connectivity index (χ1) is 14.0. The maximum absolute atomic E-state index is 13.4. The lowest BCUT2D eigenvalue weighted by atomic mass is 10.0. The number of furan rings is 1. The Labute approximate surface area is 184 Å². The summed E-state index contributed by atoms with van der Waals surface area (Å²) in [7, 11) is 0.0973. The third kappa shape index (κ3) is 4.58. The Hall–Kier alpha value is -2.23. The number of fused-ring (bicyclic) bond motifs is 1. The third-order valence-corrected chi connectivity index (χ3v) is 6.01. The van der Waals surface area contributed by atoms with Crippen molar-refractivity contribution in [3.8, 4) is 11.3 Å². The van der Waals surface area contributed by atoms with E-state index >= 15 is 0 Å². The van der Waals surface area contributed by atoms with E-state index in [-0.39, 0.29) is 12.5 Å². The molecule has 0 aliphatic carbocycles. The molecule has 0 saturated heterocycles. The Morgan fingerprint density at radius 2 is 1.93 bits per heavy atom. The molecule has 0 aliphatic heterocycles. The van der Waals surface area contributed by atoms with E-state index < -0.39 is 22.4 Å². The average Bonchev–Trinajstić information content (AvgIpc) is 3.03. The summed E-state index contributed by atoms with van der Waals surface area (Å²) in [5.41, 5.74) is 0.732. The van der Waals surface area contributed by atoms with Gasteiger partial charge in [0, 0.05) is 34.8 Å². The lowest BCUT2D eigenvalue weighted by Crippen LogP contribution is -2.39. The molecular formula is C21H22BrFN2O4S. The normalized spacial score (nSPS) is 12.8. The summed E-state index contributed by atoms with van der Waals surface area (Å²) in [6.45, 7) is 3.37. The van der Waals surface area contributed by atoms with Gasteiger partial charge in [0.05, 0.1) is 23.4 Å². The zero-order valence-corrected chi connectivity index (χ0v) is 19.4. The minimum absolute atomic E-state index is 0.119. The van der Waals surface area contributed by atoms with Gasteiger partial charge in [0.25, 0.3) is 5.91 Å². The van der Waals surface area contributed by atoms with E-state index in [0.717, 1.165) is 0 Å². The number of rotatable bonds is 6. The highest BCUT2D eigenvalue weighted by Gasteiger charge is 2.27. The summed E-state index contributed by atoms with van der Waals surface area (Å²) in [6.07, 6.45) is 1.52. The number of hydrogen-bond acceptors (Lipinski definition) is 4. The van der Waals surface area contributed by atoms with Gasteiger partial charge in [0.15, 0.2) is 0 Å². The molecule has 0 bridgehead atoms. The van der Waals surface area contributed by atoms with Crippen LogP contribution in [0.5, 0.6) is 0 Å². The number of anilines is 1. The second kappa shape index (κ2) is 8.49. The Morgan fingerprint density at radius 3 is 2.47 bits per heavy atom. The minimum atomic E-state index is -1.42. The van der Waals surface area contributed by atoms with E-state index in [9.17, 15) is 18.5 Å². The summed E-state index contributed by atoms with van der Waals surface area (Å²) in [6, 6.07) is 9.06. The fourth-order valence-corrected chi connectivity index (χ4v) is 4.72. The standard InChI is InChI=1S/C21H22BrFN2O4S/c1-21(2,27)11-25(30(4)28)16-10-17-14(9-15(16)22)18(20(26)24-3)19(29-17)12-5-7-13(23)8-6-12/h5-10,27H,11H2,1-4H3,(H,24,26). The highest BCUT2D eigenvalue weighted by molar-refractivity contribution is 9.10. The monoisotopic (exact) mass is 496 g/mol. The highest BCUT2D eigenvalue weighted by Crippen LogP contribution is 2.39. The van der Waals surface area contributed by atoms with Crippen molar-refractivity contribution < 1.29 is 22.9 Å². The predicted octanol–water partition coefficient (Wildman–Crippen LogP) is 4.23. The fourth-order valence-electron chi connectivity index (χ4n) is 3.12. The number of halogens is 2. The van der Waals surface area contributed by atoms with E-state index in [1.165, 1.54) is 37.6 Å². The summed E-state index contributed by atoms with van der Waals surface area (Å²) >= 11 is 3.49. The van der Waals surface area contributed by atoms with E-state index in [2.05, 4.69) is 21.2 Å². The van der Waals surface area contributed by atoms with Gasteiger partial charge >= 0.3 is 0 Å². The van der Waals surface area contributed by atoms with Crippen LogP contribution in [-0.4, -0.2) is 40.7 Å². The number of nitrogens with zero attached hydrogens (tertiary/aromatic N) is 1. The first-order valence-electron chi connectivity index (χ1n) is 9.09. The van der Waals surface area contributed by atoms with Crippen molar-refractivity contribution in [3.63, 3.8) is 0 Å². The molecule has 0 fully saturated rings. The van der Waals surface area contributed by atoms with Crippen molar-refractivity contribution in [3.05, 3.63) is 52.3 Å². The molecule has 3 rings (SSSR count). The number of benzene rings is 2. The average molecular weight is 497 g/mol. The zero-order chi connectivity index (χ0) is 22.2. The van der Waals surface area contributed by atoms with Crippen molar-refractivity contribution in [2.45, 2.75) is 19.4 Å². The molecule has 1 amide bonds. The summed E-state index contributed by atoms with van der Waals surface area (Å²) < 4.78 is 33.9. The first kappa shape index (κ1) is 22.5. The van der Waals surface area contributed by atoms with Crippen LogP contribution in [0, 0.1) is 5.82 Å². The third-order valence-electron chi connectivity index (χ3n) is 4.43. The minimum Gasteiger partial charge on any atom is -0.455 e. The number of amides is 1. The molecule has 2 aromatic carbocycles. The number of nitrogens with one attached hydrogen (secondary N) is 1. The Bertz CT molecular complexity index is 1120. The van der Waals surface area contributed by atoms with Crippen LogP contribution in [0.15, 0.2) is 45.3 Å². The van der Waals surface area contributed by atoms with E-state index in [1.54, 1.807) is 30.3 Å². The Kier molecular flexibility index (Phi) is 6.35. The molecule has 9 heteroatoms. The van der Waals surface area contributed by atoms with Crippen LogP contribution in [0.4, 0.5) is 10.1 Å². The van der Waals surface area contributed by atoms with E-state index in [0.29, 0.717) is 38.0 Å². The highest BCUT2D eigenvalue weighted by atomic mass is 79.9. The van der Waals surface area contributed by atoms with Gasteiger partial charge in [-0.2, -0.15) is 0 Å². The zero-order valence-electron chi connectivity index (χ0n) is 17.0. The molecule has 0 saturated carbocycles. The van der Waals surface area contributed by atoms with Gasteiger partial charge in [-0.05, 0) is 60.1 Å². The SMILES string of the molecule is CNC(=O)c1c(-c2ccc(F)cc2)oc2cc(N(CC(C)(C)O)S(C)=O)c(Br)cc12. The van der Waals surface area contributed by atoms with Crippen LogP contribution < -0.4 is 9.62 Å². The number of carbonyl (C=O) groups excluding carboxylic acids is 1. The van der Waals surface area contributed by atoms with Crippen molar-refractivity contribution in [1.29, 1.82) is 0 Å². The van der Waals surface area contributed by atoms with Gasteiger partial charge in [0.1, 0.15) is 28.1 Å². The van der Waals surface area contributed by atoms with Gasteiger partial charge in [-0.3, -0.25) is 9.10 Å². The molecule has 1 atom stereocenters. The maximum atomic E-state index is 13.4. The lowest BCUT2D eigenvalue weighted by molar-refractivity contribution is 0.0911. The van der Waals surface area contributed by atoms with Crippen LogP contribution in [-0.2, 0) is 11.0 Å². The first-order valence-corrected chi connectivity index (χ1v) is 11.4. The van der Waals surface area contributed by atoms with Crippen molar-refractivity contribution in [1.82, 2.24) is 5.32 Å². The Morgan fingerprint density at radius 1 is 1.30 bits per heavy atom. The molecular weight excluding hydrogens is 475 g/mol. The van der Waals surface area contributed by atoms with Crippen LogP contribution in [0.2, 0.25) is 0 Å². The van der Waals surface area contributed by atoms with E-state index in [1.807, 2.05) is 0 Å². The van der Waals surface area contributed by atoms with E-state index in [4.69, 9.17) is 4.42 Å².